The van der Waals surface area contributed by atoms with Crippen LogP contribution in [0.4, 0.5) is 0 Å². The number of piperazine rings is 1. The molecule has 1 atom stereocenters. The molecule has 1 aliphatic heterocycles. The van der Waals surface area contributed by atoms with E-state index in [0.29, 0.717) is 19.1 Å². The minimum Gasteiger partial charge on any atom is -0.785 e. The molecular formula is C11H15N2O-. The van der Waals surface area contributed by atoms with Crippen molar-refractivity contribution in [2.75, 3.05) is 19.6 Å². The average Bonchev–Trinajstić information content (AvgIpc) is 2.19. The van der Waals surface area contributed by atoms with Crippen LogP contribution in [0.3, 0.4) is 0 Å². The van der Waals surface area contributed by atoms with Crippen molar-refractivity contribution in [3.05, 3.63) is 41.1 Å². The van der Waals surface area contributed by atoms with E-state index in [-0.39, 0.29) is 0 Å². The van der Waals surface area contributed by atoms with E-state index in [9.17, 15) is 5.21 Å². The number of hydrogen-bond acceptors (Lipinski definition) is 3. The van der Waals surface area contributed by atoms with Gasteiger partial charge >= 0.3 is 0 Å². The molecule has 0 saturated carbocycles. The van der Waals surface area contributed by atoms with Gasteiger partial charge in [0.15, 0.2) is 0 Å². The van der Waals surface area contributed by atoms with E-state index >= 15 is 0 Å². The Bertz CT molecular complexity index is 276. The number of nitrogens with zero attached hydrogens (tertiary/aromatic N) is 1. The van der Waals surface area contributed by atoms with Gasteiger partial charge < -0.3 is 15.6 Å². The predicted molar refractivity (Wildman–Crippen MR) is 56.9 cm³/mol. The average molecular weight is 191 g/mol. The highest BCUT2D eigenvalue weighted by Crippen LogP contribution is 2.06. The van der Waals surface area contributed by atoms with E-state index in [2.05, 4.69) is 17.4 Å². The standard InChI is InChI=1S/C11H15N2O/c14-13-7-6-12-11(9-13)8-10-4-2-1-3-5-10/h1-5,11-12H,6-9H2/q-1. The lowest BCUT2D eigenvalue weighted by Crippen LogP contribution is -2.49. The van der Waals surface area contributed by atoms with Gasteiger partial charge in [0.05, 0.1) is 0 Å². The van der Waals surface area contributed by atoms with Crippen molar-refractivity contribution in [1.82, 2.24) is 10.4 Å². The molecule has 1 aliphatic rings. The quantitative estimate of drug-likeness (QED) is 0.758. The maximum atomic E-state index is 11.1. The van der Waals surface area contributed by atoms with Crippen LogP contribution in [0.1, 0.15) is 5.56 Å². The summed E-state index contributed by atoms with van der Waals surface area (Å²) in [5.41, 5.74) is 1.29. The second kappa shape index (κ2) is 4.55. The van der Waals surface area contributed by atoms with Crippen LogP contribution < -0.4 is 5.32 Å². The number of hydroxylamine groups is 2. The van der Waals surface area contributed by atoms with Gasteiger partial charge in [-0.3, -0.25) is 0 Å². The zero-order valence-corrected chi connectivity index (χ0v) is 8.15. The summed E-state index contributed by atoms with van der Waals surface area (Å²) in [5.74, 6) is 0. The summed E-state index contributed by atoms with van der Waals surface area (Å²) in [6.07, 6.45) is 0.944. The molecule has 0 bridgehead atoms. The first kappa shape index (κ1) is 9.65. The Kier molecular flexibility index (Phi) is 3.14. The van der Waals surface area contributed by atoms with Crippen LogP contribution in [0.2, 0.25) is 0 Å². The first-order valence-corrected chi connectivity index (χ1v) is 5.04. The van der Waals surface area contributed by atoms with E-state index in [1.807, 2.05) is 18.2 Å². The topological polar surface area (TPSA) is 38.3 Å². The third-order valence-electron chi connectivity index (χ3n) is 2.54. The van der Waals surface area contributed by atoms with Crippen LogP contribution in [0.15, 0.2) is 30.3 Å². The van der Waals surface area contributed by atoms with Crippen LogP contribution in [0.25, 0.3) is 0 Å². The zero-order chi connectivity index (χ0) is 9.80. The molecule has 2 rings (SSSR count). The minimum atomic E-state index is 0.309. The van der Waals surface area contributed by atoms with Crippen molar-refractivity contribution in [3.63, 3.8) is 0 Å². The first-order valence-electron chi connectivity index (χ1n) is 5.04. The fourth-order valence-corrected chi connectivity index (χ4v) is 1.83. The van der Waals surface area contributed by atoms with Gasteiger partial charge in [-0.1, -0.05) is 30.3 Å². The van der Waals surface area contributed by atoms with Crippen molar-refractivity contribution in [3.8, 4) is 0 Å². The van der Waals surface area contributed by atoms with Crippen molar-refractivity contribution in [1.29, 1.82) is 0 Å². The van der Waals surface area contributed by atoms with Crippen LogP contribution in [0, 0.1) is 5.21 Å². The SMILES string of the molecule is [O-]N1CCNC(Cc2ccccc2)C1. The second-order valence-electron chi connectivity index (χ2n) is 3.73. The summed E-state index contributed by atoms with van der Waals surface area (Å²) in [4.78, 5) is 0. The summed E-state index contributed by atoms with van der Waals surface area (Å²) in [6.45, 7) is 2.03. The summed E-state index contributed by atoms with van der Waals surface area (Å²) in [5, 5.41) is 15.6. The van der Waals surface area contributed by atoms with Gasteiger partial charge in [0, 0.05) is 19.1 Å². The molecule has 1 aromatic rings. The fourth-order valence-electron chi connectivity index (χ4n) is 1.83. The maximum Gasteiger partial charge on any atom is 0.0226 e. The third kappa shape index (κ3) is 2.54. The number of rotatable bonds is 2. The van der Waals surface area contributed by atoms with Crippen molar-refractivity contribution < 1.29 is 0 Å². The Morgan fingerprint density at radius 1 is 1.36 bits per heavy atom. The number of nitrogens with one attached hydrogen (secondary N) is 1. The van der Waals surface area contributed by atoms with Crippen LogP contribution >= 0.6 is 0 Å². The lowest BCUT2D eigenvalue weighted by molar-refractivity contribution is 0.265. The molecule has 3 heteroatoms. The highest BCUT2D eigenvalue weighted by molar-refractivity contribution is 5.16. The minimum absolute atomic E-state index is 0.309. The van der Waals surface area contributed by atoms with Crippen molar-refractivity contribution >= 4 is 0 Å². The zero-order valence-electron chi connectivity index (χ0n) is 8.15. The Hall–Kier alpha value is -0.900. The molecule has 1 saturated heterocycles. The van der Waals surface area contributed by atoms with Gasteiger partial charge in [0.25, 0.3) is 0 Å². The molecule has 1 aromatic carbocycles. The van der Waals surface area contributed by atoms with Crippen LogP contribution in [-0.2, 0) is 6.42 Å². The smallest absolute Gasteiger partial charge is 0.0226 e. The van der Waals surface area contributed by atoms with E-state index in [1.165, 1.54) is 5.56 Å². The molecule has 76 valence electrons. The molecule has 3 nitrogen and oxygen atoms in total. The van der Waals surface area contributed by atoms with E-state index in [4.69, 9.17) is 0 Å². The molecule has 0 aromatic heterocycles. The van der Waals surface area contributed by atoms with Gasteiger partial charge in [-0.15, -0.1) is 0 Å². The Morgan fingerprint density at radius 2 is 2.14 bits per heavy atom. The van der Waals surface area contributed by atoms with Gasteiger partial charge in [0.2, 0.25) is 0 Å². The molecule has 14 heavy (non-hydrogen) atoms. The Balaban J connectivity index is 1.91. The van der Waals surface area contributed by atoms with E-state index < -0.39 is 0 Å². The molecule has 0 radical (unpaired) electrons. The summed E-state index contributed by atoms with van der Waals surface area (Å²) < 4.78 is 0. The van der Waals surface area contributed by atoms with Crippen LogP contribution in [-0.4, -0.2) is 30.7 Å². The fraction of sp³-hybridized carbons (Fsp3) is 0.455. The van der Waals surface area contributed by atoms with Crippen molar-refractivity contribution in [2.24, 2.45) is 0 Å². The lowest BCUT2D eigenvalue weighted by Gasteiger charge is -2.38. The van der Waals surface area contributed by atoms with Gasteiger partial charge in [-0.05, 0) is 18.5 Å². The summed E-state index contributed by atoms with van der Waals surface area (Å²) in [6, 6.07) is 10.6. The number of benzene rings is 1. The normalized spacial score (nSPS) is 23.6. The van der Waals surface area contributed by atoms with Gasteiger partial charge in [-0.2, -0.15) is 0 Å². The molecule has 0 amide bonds. The number of hydrogen-bond donors (Lipinski definition) is 1. The maximum absolute atomic E-state index is 11.1. The largest absolute Gasteiger partial charge is 0.785 e. The molecule has 0 spiro atoms. The summed E-state index contributed by atoms with van der Waals surface area (Å²) >= 11 is 0. The monoisotopic (exact) mass is 191 g/mol. The van der Waals surface area contributed by atoms with E-state index in [0.717, 1.165) is 18.0 Å². The molecule has 1 unspecified atom stereocenters. The second-order valence-corrected chi connectivity index (χ2v) is 3.73. The Labute approximate surface area is 84.3 Å². The highest BCUT2D eigenvalue weighted by Gasteiger charge is 2.13. The Morgan fingerprint density at radius 3 is 2.86 bits per heavy atom. The highest BCUT2D eigenvalue weighted by atomic mass is 16.5. The summed E-state index contributed by atoms with van der Waals surface area (Å²) in [7, 11) is 0. The molecule has 1 N–H and O–H groups in total. The lowest BCUT2D eigenvalue weighted by atomic mass is 10.0. The first-order chi connectivity index (χ1) is 6.84. The predicted octanol–water partition coefficient (Wildman–Crippen LogP) is 1.00. The van der Waals surface area contributed by atoms with Gasteiger partial charge in [0.1, 0.15) is 0 Å². The van der Waals surface area contributed by atoms with Crippen LogP contribution in [0.5, 0.6) is 0 Å². The van der Waals surface area contributed by atoms with Gasteiger partial charge in [-0.25, -0.2) is 0 Å². The molecular weight excluding hydrogens is 176 g/mol. The molecule has 1 fully saturated rings. The van der Waals surface area contributed by atoms with Crippen molar-refractivity contribution in [2.45, 2.75) is 12.5 Å². The third-order valence-corrected chi connectivity index (χ3v) is 2.54. The molecule has 0 aliphatic carbocycles. The van der Waals surface area contributed by atoms with E-state index in [1.54, 1.807) is 0 Å². The molecule has 1 heterocycles.